The Labute approximate surface area is 103 Å². The van der Waals surface area contributed by atoms with Gasteiger partial charge in [-0.3, -0.25) is 4.79 Å². The SMILES string of the molecule is C/C=C/C[C@@H](C)C(=O)N1C(=O)OC[C@@H]1C(C)C. The summed E-state index contributed by atoms with van der Waals surface area (Å²) in [5.74, 6) is -0.0956. The zero-order chi connectivity index (χ0) is 13.0. The Morgan fingerprint density at radius 3 is 2.71 bits per heavy atom. The quantitative estimate of drug-likeness (QED) is 0.708. The van der Waals surface area contributed by atoms with Crippen LogP contribution in [0.15, 0.2) is 12.2 Å². The van der Waals surface area contributed by atoms with E-state index >= 15 is 0 Å². The summed E-state index contributed by atoms with van der Waals surface area (Å²) in [6.07, 6.45) is 4.01. The summed E-state index contributed by atoms with van der Waals surface area (Å²) in [5, 5.41) is 0. The van der Waals surface area contributed by atoms with Crippen LogP contribution in [0.4, 0.5) is 4.79 Å². The molecule has 0 radical (unpaired) electrons. The molecule has 0 aromatic carbocycles. The first kappa shape index (κ1) is 13.7. The van der Waals surface area contributed by atoms with Gasteiger partial charge in [-0.15, -0.1) is 0 Å². The third-order valence-corrected chi connectivity index (χ3v) is 3.06. The Balaban J connectivity index is 2.74. The highest BCUT2D eigenvalue weighted by Gasteiger charge is 2.40. The Hall–Kier alpha value is -1.32. The molecule has 1 heterocycles. The van der Waals surface area contributed by atoms with Crippen LogP contribution in [0.2, 0.25) is 0 Å². The van der Waals surface area contributed by atoms with Crippen LogP contribution in [0.5, 0.6) is 0 Å². The van der Waals surface area contributed by atoms with E-state index in [1.54, 1.807) is 0 Å². The average Bonchev–Trinajstić information content (AvgIpc) is 2.67. The summed E-state index contributed by atoms with van der Waals surface area (Å²) >= 11 is 0. The third-order valence-electron chi connectivity index (χ3n) is 3.06. The minimum Gasteiger partial charge on any atom is -0.447 e. The first-order valence-corrected chi connectivity index (χ1v) is 6.10. The van der Waals surface area contributed by atoms with Gasteiger partial charge < -0.3 is 4.74 Å². The molecule has 0 aromatic rings. The van der Waals surface area contributed by atoms with E-state index in [2.05, 4.69) is 0 Å². The zero-order valence-corrected chi connectivity index (χ0v) is 11.0. The van der Waals surface area contributed by atoms with Gasteiger partial charge in [0, 0.05) is 5.92 Å². The smallest absolute Gasteiger partial charge is 0.416 e. The predicted molar refractivity (Wildman–Crippen MR) is 65.4 cm³/mol. The first-order chi connectivity index (χ1) is 7.99. The van der Waals surface area contributed by atoms with Crippen LogP contribution in [0.25, 0.3) is 0 Å². The molecule has 0 N–H and O–H groups in total. The van der Waals surface area contributed by atoms with Crippen LogP contribution in [-0.4, -0.2) is 29.5 Å². The molecule has 0 unspecified atom stereocenters. The van der Waals surface area contributed by atoms with Crippen molar-refractivity contribution in [2.24, 2.45) is 11.8 Å². The van der Waals surface area contributed by atoms with Crippen LogP contribution < -0.4 is 0 Å². The van der Waals surface area contributed by atoms with E-state index in [1.165, 1.54) is 4.90 Å². The summed E-state index contributed by atoms with van der Waals surface area (Å²) < 4.78 is 4.96. The molecule has 4 heteroatoms. The molecule has 2 amide bonds. The molecule has 0 aromatic heterocycles. The van der Waals surface area contributed by atoms with Gasteiger partial charge in [0.05, 0.1) is 6.04 Å². The fourth-order valence-corrected chi connectivity index (χ4v) is 1.86. The van der Waals surface area contributed by atoms with Crippen molar-refractivity contribution in [1.82, 2.24) is 4.90 Å². The highest BCUT2D eigenvalue weighted by Crippen LogP contribution is 2.22. The summed E-state index contributed by atoms with van der Waals surface area (Å²) in [7, 11) is 0. The molecular weight excluding hydrogens is 218 g/mol. The van der Waals surface area contributed by atoms with E-state index in [1.807, 2.05) is 39.8 Å². The fourth-order valence-electron chi connectivity index (χ4n) is 1.86. The number of carbonyl (C=O) groups is 2. The van der Waals surface area contributed by atoms with Crippen molar-refractivity contribution in [3.8, 4) is 0 Å². The van der Waals surface area contributed by atoms with Crippen LogP contribution in [0.3, 0.4) is 0 Å². The number of rotatable bonds is 4. The van der Waals surface area contributed by atoms with E-state index in [4.69, 9.17) is 4.74 Å². The molecule has 0 spiro atoms. The molecule has 0 saturated carbocycles. The highest BCUT2D eigenvalue weighted by molar-refractivity contribution is 5.94. The lowest BCUT2D eigenvalue weighted by atomic mass is 10.0. The normalized spacial score (nSPS) is 22.3. The number of nitrogens with zero attached hydrogens (tertiary/aromatic N) is 1. The number of amides is 2. The van der Waals surface area contributed by atoms with Gasteiger partial charge in [-0.05, 0) is 19.3 Å². The molecule has 0 bridgehead atoms. The number of imide groups is 1. The second kappa shape index (κ2) is 5.84. The Kier molecular flexibility index (Phi) is 4.73. The van der Waals surface area contributed by atoms with Crippen molar-refractivity contribution in [1.29, 1.82) is 0 Å². The Bertz CT molecular complexity index is 323. The van der Waals surface area contributed by atoms with Crippen LogP contribution in [0, 0.1) is 11.8 Å². The molecule has 1 saturated heterocycles. The van der Waals surface area contributed by atoms with Gasteiger partial charge in [0.25, 0.3) is 0 Å². The first-order valence-electron chi connectivity index (χ1n) is 6.10. The molecule has 17 heavy (non-hydrogen) atoms. The van der Waals surface area contributed by atoms with E-state index < -0.39 is 6.09 Å². The minimum absolute atomic E-state index is 0.122. The number of cyclic esters (lactones) is 1. The highest BCUT2D eigenvalue weighted by atomic mass is 16.6. The van der Waals surface area contributed by atoms with Crippen LogP contribution >= 0.6 is 0 Å². The van der Waals surface area contributed by atoms with Gasteiger partial charge in [0.2, 0.25) is 5.91 Å². The summed E-state index contributed by atoms with van der Waals surface area (Å²) in [5.41, 5.74) is 0. The lowest BCUT2D eigenvalue weighted by molar-refractivity contribution is -0.133. The number of hydrogen-bond acceptors (Lipinski definition) is 3. The van der Waals surface area contributed by atoms with Gasteiger partial charge in [0.15, 0.2) is 0 Å². The summed E-state index contributed by atoms with van der Waals surface area (Å²) in [6.45, 7) is 8.05. The summed E-state index contributed by atoms with van der Waals surface area (Å²) in [6, 6.07) is -0.122. The van der Waals surface area contributed by atoms with E-state index in [0.717, 1.165) is 0 Å². The molecule has 0 aliphatic carbocycles. The second-order valence-corrected chi connectivity index (χ2v) is 4.80. The van der Waals surface area contributed by atoms with E-state index in [-0.39, 0.29) is 23.8 Å². The molecular formula is C13H21NO3. The largest absolute Gasteiger partial charge is 0.447 e. The molecule has 1 rings (SSSR count). The molecule has 1 aliphatic rings. The van der Waals surface area contributed by atoms with Crippen LogP contribution in [-0.2, 0) is 9.53 Å². The van der Waals surface area contributed by atoms with Crippen LogP contribution in [0.1, 0.15) is 34.1 Å². The van der Waals surface area contributed by atoms with Gasteiger partial charge in [-0.25, -0.2) is 9.69 Å². The topological polar surface area (TPSA) is 46.6 Å². The van der Waals surface area contributed by atoms with Gasteiger partial charge >= 0.3 is 6.09 Å². The Morgan fingerprint density at radius 2 is 2.18 bits per heavy atom. The second-order valence-electron chi connectivity index (χ2n) is 4.80. The predicted octanol–water partition coefficient (Wildman–Crippen LogP) is 2.59. The van der Waals surface area contributed by atoms with Gasteiger partial charge in [0.1, 0.15) is 6.61 Å². The van der Waals surface area contributed by atoms with Gasteiger partial charge in [-0.1, -0.05) is 32.9 Å². The minimum atomic E-state index is -0.499. The summed E-state index contributed by atoms with van der Waals surface area (Å²) in [4.78, 5) is 25.0. The van der Waals surface area contributed by atoms with Crippen molar-refractivity contribution in [2.45, 2.75) is 40.2 Å². The molecule has 1 aliphatic heterocycles. The van der Waals surface area contributed by atoms with Crippen molar-refractivity contribution < 1.29 is 14.3 Å². The van der Waals surface area contributed by atoms with Crippen molar-refractivity contribution >= 4 is 12.0 Å². The van der Waals surface area contributed by atoms with Gasteiger partial charge in [-0.2, -0.15) is 0 Å². The maximum Gasteiger partial charge on any atom is 0.416 e. The molecule has 1 fully saturated rings. The van der Waals surface area contributed by atoms with E-state index in [0.29, 0.717) is 13.0 Å². The maximum absolute atomic E-state index is 12.2. The van der Waals surface area contributed by atoms with Crippen molar-refractivity contribution in [3.63, 3.8) is 0 Å². The molecule has 96 valence electrons. The van der Waals surface area contributed by atoms with Crippen molar-refractivity contribution in [3.05, 3.63) is 12.2 Å². The standard InChI is InChI=1S/C13H21NO3/c1-5-6-7-10(4)12(15)14-11(9(2)3)8-17-13(14)16/h5-6,9-11H,7-8H2,1-4H3/b6-5+/t10-,11-/m1/s1. The number of ether oxygens (including phenoxy) is 1. The maximum atomic E-state index is 12.2. The number of hydrogen-bond donors (Lipinski definition) is 0. The molecule has 4 nitrogen and oxygen atoms in total. The zero-order valence-electron chi connectivity index (χ0n) is 11.0. The number of allylic oxidation sites excluding steroid dienone is 2. The Morgan fingerprint density at radius 1 is 1.53 bits per heavy atom. The van der Waals surface area contributed by atoms with Crippen molar-refractivity contribution in [2.75, 3.05) is 6.61 Å². The average molecular weight is 239 g/mol. The lowest BCUT2D eigenvalue weighted by Crippen LogP contribution is -2.44. The third kappa shape index (κ3) is 3.08. The fraction of sp³-hybridized carbons (Fsp3) is 0.692. The number of carbonyl (C=O) groups excluding carboxylic acids is 2. The molecule has 2 atom stereocenters. The lowest BCUT2D eigenvalue weighted by Gasteiger charge is -2.24. The monoisotopic (exact) mass is 239 g/mol. The van der Waals surface area contributed by atoms with E-state index in [9.17, 15) is 9.59 Å².